The third-order valence-electron chi connectivity index (χ3n) is 5.17. The minimum atomic E-state index is -0.583. The summed E-state index contributed by atoms with van der Waals surface area (Å²) in [6.45, 7) is 3.95. The van der Waals surface area contributed by atoms with E-state index in [-0.39, 0.29) is 0 Å². The van der Waals surface area contributed by atoms with Crippen LogP contribution in [0.3, 0.4) is 0 Å². The van der Waals surface area contributed by atoms with Gasteiger partial charge < -0.3 is 5.11 Å². The van der Waals surface area contributed by atoms with Crippen LogP contribution in [0.25, 0.3) is 0 Å². The quantitative estimate of drug-likeness (QED) is 0.923. The van der Waals surface area contributed by atoms with E-state index < -0.39 is 11.4 Å². The van der Waals surface area contributed by atoms with Crippen LogP contribution >= 0.6 is 11.3 Å². The maximum atomic E-state index is 11.8. The van der Waals surface area contributed by atoms with Gasteiger partial charge in [0.15, 0.2) is 0 Å². The lowest BCUT2D eigenvalue weighted by Crippen LogP contribution is -2.47. The molecule has 2 aliphatic rings. The predicted molar refractivity (Wildman–Crippen MR) is 81.2 cm³/mol. The van der Waals surface area contributed by atoms with E-state index in [4.69, 9.17) is 0 Å². The van der Waals surface area contributed by atoms with E-state index in [0.717, 1.165) is 45.2 Å². The summed E-state index contributed by atoms with van der Waals surface area (Å²) >= 11 is 1.84. The van der Waals surface area contributed by atoms with Gasteiger partial charge in [0.25, 0.3) is 0 Å². The van der Waals surface area contributed by atoms with E-state index in [1.165, 1.54) is 16.9 Å². The van der Waals surface area contributed by atoms with Gasteiger partial charge in [0, 0.05) is 24.0 Å². The monoisotopic (exact) mass is 293 g/mol. The molecular formula is C16H23NO2S. The number of fused-ring (bicyclic) bond motifs is 1. The van der Waals surface area contributed by atoms with Crippen LogP contribution in [-0.2, 0) is 11.2 Å². The second kappa shape index (κ2) is 5.49. The van der Waals surface area contributed by atoms with Crippen LogP contribution in [-0.4, -0.2) is 29.1 Å². The van der Waals surface area contributed by atoms with Crippen molar-refractivity contribution in [3.63, 3.8) is 0 Å². The topological polar surface area (TPSA) is 40.5 Å². The number of nitrogens with zero attached hydrogens (tertiary/aromatic N) is 1. The summed E-state index contributed by atoms with van der Waals surface area (Å²) in [5, 5.41) is 11.9. The SMILES string of the molecule is CC1c2ccsc2CCN1CC1(C(=O)O)CCCCC1. The van der Waals surface area contributed by atoms with Gasteiger partial charge in [-0.1, -0.05) is 19.3 Å². The molecule has 0 saturated heterocycles. The summed E-state index contributed by atoms with van der Waals surface area (Å²) in [5.41, 5.74) is 0.914. The molecule has 1 atom stereocenters. The maximum Gasteiger partial charge on any atom is 0.310 e. The molecule has 110 valence electrons. The van der Waals surface area contributed by atoms with E-state index in [9.17, 15) is 9.90 Å². The first-order chi connectivity index (χ1) is 9.62. The van der Waals surface area contributed by atoms with E-state index in [0.29, 0.717) is 6.04 Å². The van der Waals surface area contributed by atoms with Crippen molar-refractivity contribution in [2.24, 2.45) is 5.41 Å². The molecule has 0 spiro atoms. The Morgan fingerprint density at radius 1 is 1.45 bits per heavy atom. The summed E-state index contributed by atoms with van der Waals surface area (Å²) in [6, 6.07) is 2.58. The van der Waals surface area contributed by atoms with Crippen LogP contribution in [0.1, 0.15) is 55.5 Å². The Bertz CT molecular complexity index is 490. The van der Waals surface area contributed by atoms with Crippen LogP contribution in [0, 0.1) is 5.41 Å². The minimum Gasteiger partial charge on any atom is -0.481 e. The molecule has 20 heavy (non-hydrogen) atoms. The molecule has 4 heteroatoms. The number of carboxylic acids is 1. The lowest BCUT2D eigenvalue weighted by molar-refractivity contribution is -0.153. The molecule has 1 aromatic heterocycles. The van der Waals surface area contributed by atoms with E-state index in [1.807, 2.05) is 11.3 Å². The highest BCUT2D eigenvalue weighted by Crippen LogP contribution is 2.41. The van der Waals surface area contributed by atoms with E-state index in [2.05, 4.69) is 23.3 Å². The number of aliphatic carboxylic acids is 1. The predicted octanol–water partition coefficient (Wildman–Crippen LogP) is 3.70. The highest BCUT2D eigenvalue weighted by atomic mass is 32.1. The Morgan fingerprint density at radius 2 is 2.20 bits per heavy atom. The zero-order valence-corrected chi connectivity index (χ0v) is 12.9. The third kappa shape index (κ3) is 2.40. The molecule has 0 amide bonds. The molecule has 1 aliphatic carbocycles. The fraction of sp³-hybridized carbons (Fsp3) is 0.688. The van der Waals surface area contributed by atoms with Crippen molar-refractivity contribution >= 4 is 17.3 Å². The summed E-state index contributed by atoms with van der Waals surface area (Å²) in [5.74, 6) is -0.583. The van der Waals surface area contributed by atoms with Gasteiger partial charge in [0.2, 0.25) is 0 Å². The summed E-state index contributed by atoms with van der Waals surface area (Å²) in [7, 11) is 0. The maximum absolute atomic E-state index is 11.8. The number of hydrogen-bond donors (Lipinski definition) is 1. The third-order valence-corrected chi connectivity index (χ3v) is 6.17. The number of rotatable bonds is 3. The molecule has 1 saturated carbocycles. The Balaban J connectivity index is 1.78. The molecule has 0 aromatic carbocycles. The fourth-order valence-corrected chi connectivity index (χ4v) is 4.80. The fourth-order valence-electron chi connectivity index (χ4n) is 3.83. The molecule has 1 unspecified atom stereocenters. The molecule has 1 aromatic rings. The molecule has 0 radical (unpaired) electrons. The number of hydrogen-bond acceptors (Lipinski definition) is 3. The van der Waals surface area contributed by atoms with Crippen molar-refractivity contribution in [3.05, 3.63) is 21.9 Å². The summed E-state index contributed by atoms with van der Waals surface area (Å²) < 4.78 is 0. The molecule has 2 heterocycles. The molecule has 0 bridgehead atoms. The zero-order valence-electron chi connectivity index (χ0n) is 12.1. The van der Waals surface area contributed by atoms with Gasteiger partial charge >= 0.3 is 5.97 Å². The lowest BCUT2D eigenvalue weighted by atomic mass is 9.73. The second-order valence-corrected chi connectivity index (χ2v) is 7.34. The lowest BCUT2D eigenvalue weighted by Gasteiger charge is -2.42. The highest BCUT2D eigenvalue weighted by Gasteiger charge is 2.42. The van der Waals surface area contributed by atoms with Crippen LogP contribution in [0.15, 0.2) is 11.4 Å². The normalized spacial score (nSPS) is 26.1. The van der Waals surface area contributed by atoms with Gasteiger partial charge in [-0.2, -0.15) is 0 Å². The van der Waals surface area contributed by atoms with Crippen molar-refractivity contribution in [2.45, 2.75) is 51.5 Å². The highest BCUT2D eigenvalue weighted by molar-refractivity contribution is 7.10. The molecule has 3 nitrogen and oxygen atoms in total. The molecular weight excluding hydrogens is 270 g/mol. The largest absolute Gasteiger partial charge is 0.481 e. The Morgan fingerprint density at radius 3 is 2.90 bits per heavy atom. The van der Waals surface area contributed by atoms with Crippen LogP contribution in [0.4, 0.5) is 0 Å². The molecule has 3 rings (SSSR count). The van der Waals surface area contributed by atoms with Gasteiger partial charge in [0.1, 0.15) is 0 Å². The van der Waals surface area contributed by atoms with E-state index >= 15 is 0 Å². The number of thiophene rings is 1. The van der Waals surface area contributed by atoms with Gasteiger partial charge in [-0.3, -0.25) is 9.69 Å². The zero-order chi connectivity index (χ0) is 14.2. The second-order valence-electron chi connectivity index (χ2n) is 6.34. The van der Waals surface area contributed by atoms with Crippen molar-refractivity contribution in [3.8, 4) is 0 Å². The Hall–Kier alpha value is -0.870. The molecule has 1 N–H and O–H groups in total. The van der Waals surface area contributed by atoms with Gasteiger partial charge in [-0.05, 0) is 43.2 Å². The van der Waals surface area contributed by atoms with Crippen LogP contribution < -0.4 is 0 Å². The average Bonchev–Trinajstić information content (AvgIpc) is 2.92. The van der Waals surface area contributed by atoms with Crippen molar-refractivity contribution < 1.29 is 9.90 Å². The first-order valence-electron chi connectivity index (χ1n) is 7.66. The molecule has 1 fully saturated rings. The number of carbonyl (C=O) groups is 1. The summed E-state index contributed by atoms with van der Waals surface area (Å²) in [4.78, 5) is 15.7. The first kappa shape index (κ1) is 14.1. The first-order valence-corrected chi connectivity index (χ1v) is 8.54. The Kier molecular flexibility index (Phi) is 3.87. The van der Waals surface area contributed by atoms with Crippen LogP contribution in [0.2, 0.25) is 0 Å². The molecule has 1 aliphatic heterocycles. The van der Waals surface area contributed by atoms with Crippen molar-refractivity contribution in [2.75, 3.05) is 13.1 Å². The Labute approximate surface area is 124 Å². The standard InChI is InChI=1S/C16H23NO2S/c1-12-13-6-10-20-14(13)5-9-17(12)11-16(15(18)19)7-3-2-4-8-16/h6,10,12H,2-5,7-9,11H2,1H3,(H,18,19). The number of carboxylic acid groups (broad SMARTS) is 1. The average molecular weight is 293 g/mol. The van der Waals surface area contributed by atoms with Crippen molar-refractivity contribution in [1.29, 1.82) is 0 Å². The van der Waals surface area contributed by atoms with Gasteiger partial charge in [-0.15, -0.1) is 11.3 Å². The van der Waals surface area contributed by atoms with Crippen molar-refractivity contribution in [1.82, 2.24) is 4.90 Å². The van der Waals surface area contributed by atoms with E-state index in [1.54, 1.807) is 0 Å². The smallest absolute Gasteiger partial charge is 0.310 e. The van der Waals surface area contributed by atoms with Gasteiger partial charge in [-0.25, -0.2) is 0 Å². The minimum absolute atomic E-state index is 0.364. The summed E-state index contributed by atoms with van der Waals surface area (Å²) in [6.07, 6.45) is 6.10. The van der Waals surface area contributed by atoms with Crippen LogP contribution in [0.5, 0.6) is 0 Å². The van der Waals surface area contributed by atoms with Gasteiger partial charge in [0.05, 0.1) is 5.41 Å².